The lowest BCUT2D eigenvalue weighted by Crippen LogP contribution is -2.34. The second-order valence-corrected chi connectivity index (χ2v) is 14.8. The van der Waals surface area contributed by atoms with Gasteiger partial charge in [-0.3, -0.25) is 9.59 Å². The third kappa shape index (κ3) is 16.3. The fourth-order valence-corrected chi connectivity index (χ4v) is 6.33. The molecule has 0 bridgehead atoms. The lowest BCUT2D eigenvalue weighted by molar-refractivity contribution is -0.136. The summed E-state index contributed by atoms with van der Waals surface area (Å²) in [6, 6.07) is 29.5. The quantitative estimate of drug-likeness (QED) is 0.0471. The van der Waals surface area contributed by atoms with Crippen LogP contribution in [0.15, 0.2) is 97.1 Å². The van der Waals surface area contributed by atoms with Gasteiger partial charge in [-0.2, -0.15) is 0 Å². The van der Waals surface area contributed by atoms with Crippen LogP contribution >= 0.6 is 81.3 Å². The summed E-state index contributed by atoms with van der Waals surface area (Å²) in [5.74, 6) is 3.61. The molecule has 0 spiro atoms. The highest BCUT2D eigenvalue weighted by Crippen LogP contribution is 2.24. The lowest BCUT2D eigenvalue weighted by Gasteiger charge is -2.03. The number of nitrogen functional groups attached to an aromatic ring is 1. The number of thiocarbonyl (C=S) groups is 1. The van der Waals surface area contributed by atoms with Crippen molar-refractivity contribution in [2.45, 2.75) is 25.7 Å². The van der Waals surface area contributed by atoms with E-state index < -0.39 is 5.97 Å². The molecule has 282 valence electrons. The van der Waals surface area contributed by atoms with Crippen LogP contribution in [0.3, 0.4) is 0 Å². The smallest absolute Gasteiger partial charge is 0.307 e. The molecule has 2 aromatic heterocycles. The van der Waals surface area contributed by atoms with Crippen molar-refractivity contribution < 1.29 is 14.7 Å². The van der Waals surface area contributed by atoms with E-state index in [4.69, 9.17) is 63.0 Å². The number of hydrogen-bond donors (Lipinski definition) is 6. The van der Waals surface area contributed by atoms with E-state index >= 15 is 0 Å². The number of nitrogens with one attached hydrogen (secondary N) is 2. The Bertz CT molecular complexity index is 2140. The highest BCUT2D eigenvalue weighted by atomic mass is 35.5. The Morgan fingerprint density at radius 2 is 1.04 bits per heavy atom. The molecule has 6 rings (SSSR count). The second-order valence-electron chi connectivity index (χ2n) is 10.6. The lowest BCUT2D eigenvalue weighted by atomic mass is 10.1. The van der Waals surface area contributed by atoms with Crippen molar-refractivity contribution in [2.24, 2.45) is 11.6 Å². The monoisotopic (exact) mass is 863 g/mol. The molecule has 0 saturated carbocycles. The number of hydrogen-bond acceptors (Lipinski definition) is 11. The molecule has 0 aliphatic heterocycles. The van der Waals surface area contributed by atoms with E-state index in [2.05, 4.69) is 43.8 Å². The van der Waals surface area contributed by atoms with Gasteiger partial charge in [0.05, 0.1) is 12.8 Å². The molecule has 54 heavy (non-hydrogen) atoms. The Labute approximate surface area is 344 Å². The molecule has 0 atom stereocenters. The van der Waals surface area contributed by atoms with Gasteiger partial charge in [0.1, 0.15) is 10.0 Å². The zero-order chi connectivity index (χ0) is 39.5. The fraction of sp³-hybridized carbons (Fsp3) is 0.114. The minimum Gasteiger partial charge on any atom is -0.481 e. The Balaban J connectivity index is 0.000000221. The van der Waals surface area contributed by atoms with Gasteiger partial charge in [0, 0.05) is 32.9 Å². The average Bonchev–Trinajstić information content (AvgIpc) is 3.77. The minimum atomic E-state index is -0.863. The molecule has 0 fully saturated rings. The van der Waals surface area contributed by atoms with Crippen molar-refractivity contribution in [1.82, 2.24) is 25.8 Å². The third-order valence-corrected chi connectivity index (χ3v) is 9.73. The number of nitrogens with two attached hydrogens (primary N) is 3. The highest BCUT2D eigenvalue weighted by molar-refractivity contribution is 7.80. The van der Waals surface area contributed by atoms with Crippen LogP contribution in [0.1, 0.15) is 32.3 Å². The summed E-state index contributed by atoms with van der Waals surface area (Å²) in [7, 11) is 0. The summed E-state index contributed by atoms with van der Waals surface area (Å²) in [5.41, 5.74) is 15.8. The van der Waals surface area contributed by atoms with Crippen LogP contribution in [0, 0.1) is 0 Å². The van der Waals surface area contributed by atoms with Gasteiger partial charge in [0.25, 0.3) is 0 Å². The molecule has 19 heteroatoms. The standard InChI is InChI=1S/C17H13Cl2N3OS.C9H8ClN3S.C8H7ClO2.CH5N3S/c18-13-7-3-1-5-11(13)9-15(23)20-17-22-21-16(24-17)10-12-6-2-4-8-14(12)19;10-7-4-2-1-3-6(7)5-8-12-13-9(11)14-8;9-7-4-2-1-3-6(7)5-8(10)11;2-1(5)4-3/h1-8H,9-10H2,(H,20,22,23);1-4H,5H2,(H2,11,13);1-4H,5H2,(H,10,11);3H2,(H3,2,4,5). The first kappa shape index (κ1) is 44.0. The molecule has 0 aliphatic carbocycles. The van der Waals surface area contributed by atoms with E-state index in [1.54, 1.807) is 30.3 Å². The number of aliphatic carboxylic acids is 1. The van der Waals surface area contributed by atoms with Gasteiger partial charge in [-0.1, -0.05) is 142 Å². The number of carbonyl (C=O) groups is 2. The molecule has 0 radical (unpaired) electrons. The van der Waals surface area contributed by atoms with Crippen LogP contribution in [-0.2, 0) is 35.3 Å². The van der Waals surface area contributed by atoms with Gasteiger partial charge in [-0.25, -0.2) is 5.84 Å². The number of nitrogens with zero attached hydrogens (tertiary/aromatic N) is 4. The van der Waals surface area contributed by atoms with Crippen molar-refractivity contribution in [3.05, 3.63) is 149 Å². The maximum absolute atomic E-state index is 12.1. The SMILES string of the molecule is NNC(N)=S.Nc1nnc(Cc2ccccc2Cl)s1.O=C(Cc1ccccc1Cl)Nc1nnc(Cc2ccccc2Cl)s1.O=C(O)Cc1ccccc1Cl. The van der Waals surface area contributed by atoms with Crippen LogP contribution in [0.2, 0.25) is 20.1 Å². The Morgan fingerprint density at radius 3 is 1.43 bits per heavy atom. The zero-order valence-corrected chi connectivity index (χ0v) is 33.6. The van der Waals surface area contributed by atoms with Crippen molar-refractivity contribution in [2.75, 3.05) is 11.1 Å². The number of carbonyl (C=O) groups excluding carboxylic acids is 1. The summed E-state index contributed by atoms with van der Waals surface area (Å²) in [5, 5.41) is 32.2. The summed E-state index contributed by atoms with van der Waals surface area (Å²) in [6.07, 6.45) is 1.45. The summed E-state index contributed by atoms with van der Waals surface area (Å²) in [4.78, 5) is 22.4. The van der Waals surface area contributed by atoms with Gasteiger partial charge in [-0.05, 0) is 58.7 Å². The van der Waals surface area contributed by atoms with E-state index in [0.717, 1.165) is 31.7 Å². The zero-order valence-electron chi connectivity index (χ0n) is 28.1. The average molecular weight is 866 g/mol. The highest BCUT2D eigenvalue weighted by Gasteiger charge is 2.12. The van der Waals surface area contributed by atoms with E-state index in [0.29, 0.717) is 43.7 Å². The molecule has 0 saturated heterocycles. The molecule has 2 heterocycles. The maximum Gasteiger partial charge on any atom is 0.307 e. The van der Waals surface area contributed by atoms with E-state index in [9.17, 15) is 9.59 Å². The molecule has 6 aromatic rings. The van der Waals surface area contributed by atoms with Crippen molar-refractivity contribution in [1.29, 1.82) is 0 Å². The van der Waals surface area contributed by atoms with Crippen molar-refractivity contribution in [3.8, 4) is 0 Å². The van der Waals surface area contributed by atoms with Crippen molar-refractivity contribution >= 4 is 109 Å². The Kier molecular flexibility index (Phi) is 19.0. The first-order valence-corrected chi connectivity index (χ1v) is 19.0. The van der Waals surface area contributed by atoms with Gasteiger partial charge in [0.15, 0.2) is 5.11 Å². The number of amides is 1. The maximum atomic E-state index is 12.1. The Hall–Kier alpha value is -4.45. The van der Waals surface area contributed by atoms with Crippen LogP contribution in [0.4, 0.5) is 10.3 Å². The molecule has 9 N–H and O–H groups in total. The first-order chi connectivity index (χ1) is 25.8. The van der Waals surface area contributed by atoms with E-state index in [-0.39, 0.29) is 23.9 Å². The number of carboxylic acids is 1. The summed E-state index contributed by atoms with van der Waals surface area (Å²) < 4.78 is 0. The van der Waals surface area contributed by atoms with Crippen molar-refractivity contribution in [3.63, 3.8) is 0 Å². The Morgan fingerprint density at radius 1 is 0.648 bits per heavy atom. The predicted molar refractivity (Wildman–Crippen MR) is 223 cm³/mol. The van der Waals surface area contributed by atoms with Crippen LogP contribution in [0.5, 0.6) is 0 Å². The van der Waals surface area contributed by atoms with Crippen LogP contribution in [0.25, 0.3) is 0 Å². The van der Waals surface area contributed by atoms with E-state index in [1.165, 1.54) is 22.7 Å². The summed E-state index contributed by atoms with van der Waals surface area (Å²) >= 11 is 30.9. The fourth-order valence-electron chi connectivity index (χ4n) is 4.11. The van der Waals surface area contributed by atoms with Gasteiger partial charge in [0.2, 0.25) is 16.2 Å². The molecule has 1 amide bonds. The molecule has 0 unspecified atom stereocenters. The van der Waals surface area contributed by atoms with E-state index in [1.807, 2.05) is 72.2 Å². The van der Waals surface area contributed by atoms with Gasteiger partial charge >= 0.3 is 5.97 Å². The molecule has 0 aliphatic rings. The number of hydrazine groups is 1. The number of rotatable bonds is 9. The van der Waals surface area contributed by atoms with Gasteiger partial charge < -0.3 is 27.3 Å². The topological polar surface area (TPSA) is 208 Å². The normalized spacial score (nSPS) is 9.94. The molecular formula is C35H33Cl4N9O3S3. The number of anilines is 2. The molecule has 12 nitrogen and oxygen atoms in total. The third-order valence-electron chi connectivity index (χ3n) is 6.55. The minimum absolute atomic E-state index is 0.0142. The largest absolute Gasteiger partial charge is 0.481 e. The predicted octanol–water partition coefficient (Wildman–Crippen LogP) is 7.64. The first-order valence-electron chi connectivity index (χ1n) is 15.5. The van der Waals surface area contributed by atoms with Crippen LogP contribution in [-0.4, -0.2) is 42.5 Å². The molecule has 4 aromatic carbocycles. The second kappa shape index (κ2) is 23.4. The summed E-state index contributed by atoms with van der Waals surface area (Å²) in [6.45, 7) is 0. The number of aromatic nitrogens is 4. The van der Waals surface area contributed by atoms with Crippen LogP contribution < -0.4 is 28.1 Å². The van der Waals surface area contributed by atoms with Gasteiger partial charge in [-0.15, -0.1) is 20.4 Å². The molecular weight excluding hydrogens is 832 g/mol. The number of carboxylic acid groups (broad SMARTS) is 1. The number of benzene rings is 4. The number of halogens is 4.